The molecule has 1 aliphatic rings. The van der Waals surface area contributed by atoms with Gasteiger partial charge in [-0.25, -0.2) is 22.5 Å². The van der Waals surface area contributed by atoms with Crippen molar-refractivity contribution in [2.24, 2.45) is 0 Å². The quantitative estimate of drug-likeness (QED) is 0.609. The third-order valence-corrected chi connectivity index (χ3v) is 7.60. The minimum absolute atomic E-state index is 0.252. The summed E-state index contributed by atoms with van der Waals surface area (Å²) < 4.78 is 32.4. The minimum Gasteiger partial charge on any atom is -0.465 e. The highest BCUT2D eigenvalue weighted by Gasteiger charge is 2.33. The Morgan fingerprint density at radius 1 is 1.14 bits per heavy atom. The van der Waals surface area contributed by atoms with Crippen molar-refractivity contribution in [2.45, 2.75) is 18.2 Å². The minimum atomic E-state index is -3.68. The second kappa shape index (κ2) is 7.03. The highest BCUT2D eigenvalue weighted by molar-refractivity contribution is 7.92. The molecule has 0 saturated carbocycles. The van der Waals surface area contributed by atoms with Crippen molar-refractivity contribution < 1.29 is 17.9 Å². The molecule has 1 aromatic carbocycles. The fourth-order valence-electron chi connectivity index (χ4n) is 3.26. The Labute approximate surface area is 167 Å². The van der Waals surface area contributed by atoms with E-state index in [1.165, 1.54) is 22.8 Å². The van der Waals surface area contributed by atoms with Crippen LogP contribution in [-0.2, 0) is 21.2 Å². The molecule has 0 N–H and O–H groups in total. The average molecular weight is 415 g/mol. The van der Waals surface area contributed by atoms with Crippen LogP contribution in [0, 0.1) is 6.92 Å². The Bertz CT molecular complexity index is 1150. The van der Waals surface area contributed by atoms with E-state index in [-0.39, 0.29) is 10.9 Å². The topological polar surface area (TPSA) is 76.6 Å². The molecule has 3 aromatic rings. The number of carbonyl (C=O) groups excluding carboxylic acids is 1. The SMILES string of the molecule is COC(=O)c1ccc(-c2ccnc3c2CCN3S(=O)(=O)c2ccc(C)cc2)s1. The van der Waals surface area contributed by atoms with E-state index >= 15 is 0 Å². The lowest BCUT2D eigenvalue weighted by atomic mass is 10.1. The largest absolute Gasteiger partial charge is 0.465 e. The molecule has 0 aliphatic carbocycles. The lowest BCUT2D eigenvalue weighted by Crippen LogP contribution is -2.29. The molecule has 8 heteroatoms. The van der Waals surface area contributed by atoms with Gasteiger partial charge in [-0.1, -0.05) is 17.7 Å². The average Bonchev–Trinajstić information content (AvgIpc) is 3.35. The van der Waals surface area contributed by atoms with Gasteiger partial charge in [-0.2, -0.15) is 0 Å². The number of sulfonamides is 1. The first-order valence-electron chi connectivity index (χ1n) is 8.67. The number of aromatic nitrogens is 1. The third kappa shape index (κ3) is 3.08. The first-order valence-corrected chi connectivity index (χ1v) is 10.9. The van der Waals surface area contributed by atoms with Crippen molar-refractivity contribution in [3.05, 3.63) is 64.7 Å². The van der Waals surface area contributed by atoms with E-state index in [9.17, 15) is 13.2 Å². The fraction of sp³-hybridized carbons (Fsp3) is 0.200. The smallest absolute Gasteiger partial charge is 0.348 e. The Morgan fingerprint density at radius 3 is 2.61 bits per heavy atom. The van der Waals surface area contributed by atoms with E-state index in [0.717, 1.165) is 21.6 Å². The molecule has 0 fully saturated rings. The van der Waals surface area contributed by atoms with E-state index < -0.39 is 10.0 Å². The van der Waals surface area contributed by atoms with Gasteiger partial charge in [-0.05, 0) is 43.7 Å². The zero-order valence-electron chi connectivity index (χ0n) is 15.4. The van der Waals surface area contributed by atoms with Crippen molar-refractivity contribution >= 4 is 33.1 Å². The van der Waals surface area contributed by atoms with Crippen molar-refractivity contribution in [1.29, 1.82) is 0 Å². The maximum absolute atomic E-state index is 13.1. The maximum atomic E-state index is 13.1. The Morgan fingerprint density at radius 2 is 1.89 bits per heavy atom. The van der Waals surface area contributed by atoms with E-state index in [4.69, 9.17) is 4.74 Å². The van der Waals surface area contributed by atoms with E-state index in [2.05, 4.69) is 4.98 Å². The van der Waals surface area contributed by atoms with Crippen LogP contribution in [0.5, 0.6) is 0 Å². The van der Waals surface area contributed by atoms with Crippen molar-refractivity contribution in [3.8, 4) is 10.4 Å². The van der Waals surface area contributed by atoms with Gasteiger partial charge >= 0.3 is 5.97 Å². The first-order chi connectivity index (χ1) is 13.4. The van der Waals surface area contributed by atoms with Gasteiger partial charge in [0.05, 0.1) is 12.0 Å². The van der Waals surface area contributed by atoms with Gasteiger partial charge in [0.25, 0.3) is 10.0 Å². The zero-order chi connectivity index (χ0) is 19.9. The summed E-state index contributed by atoms with van der Waals surface area (Å²) in [6, 6.07) is 12.2. The van der Waals surface area contributed by atoms with Crippen LogP contribution in [0.1, 0.15) is 20.8 Å². The number of hydrogen-bond acceptors (Lipinski definition) is 6. The molecule has 0 spiro atoms. The molecule has 4 rings (SSSR count). The van der Waals surface area contributed by atoms with E-state index in [0.29, 0.717) is 23.7 Å². The maximum Gasteiger partial charge on any atom is 0.348 e. The number of nitrogens with zero attached hydrogens (tertiary/aromatic N) is 2. The number of hydrogen-bond donors (Lipinski definition) is 0. The molecular weight excluding hydrogens is 396 g/mol. The second-order valence-electron chi connectivity index (χ2n) is 6.46. The molecule has 0 bridgehead atoms. The van der Waals surface area contributed by atoms with Crippen molar-refractivity contribution in [3.63, 3.8) is 0 Å². The summed E-state index contributed by atoms with van der Waals surface area (Å²) in [7, 11) is -2.33. The van der Waals surface area contributed by atoms with Gasteiger partial charge in [0.2, 0.25) is 0 Å². The molecule has 144 valence electrons. The summed E-state index contributed by atoms with van der Waals surface area (Å²) in [6.07, 6.45) is 2.17. The van der Waals surface area contributed by atoms with Gasteiger partial charge in [0.15, 0.2) is 0 Å². The number of fused-ring (bicyclic) bond motifs is 1. The molecule has 2 aromatic heterocycles. The van der Waals surface area contributed by atoms with Crippen molar-refractivity contribution in [2.75, 3.05) is 18.0 Å². The molecular formula is C20H18N2O4S2. The fourth-order valence-corrected chi connectivity index (χ4v) is 5.69. The monoisotopic (exact) mass is 414 g/mol. The normalized spacial score (nSPS) is 13.4. The molecule has 0 saturated heterocycles. The highest BCUT2D eigenvalue weighted by atomic mass is 32.2. The number of anilines is 1. The number of aryl methyl sites for hydroxylation is 1. The van der Waals surface area contributed by atoms with E-state index in [1.54, 1.807) is 36.5 Å². The Balaban J connectivity index is 1.74. The summed E-state index contributed by atoms with van der Waals surface area (Å²) in [6.45, 7) is 2.25. The number of benzene rings is 1. The van der Waals surface area contributed by atoms with Crippen molar-refractivity contribution in [1.82, 2.24) is 4.98 Å². The van der Waals surface area contributed by atoms with Gasteiger partial charge in [-0.3, -0.25) is 0 Å². The number of ether oxygens (including phenoxy) is 1. The van der Waals surface area contributed by atoms with Crippen LogP contribution in [0.2, 0.25) is 0 Å². The summed E-state index contributed by atoms with van der Waals surface area (Å²) in [5.41, 5.74) is 2.77. The molecule has 3 heterocycles. The predicted octanol–water partition coefficient (Wildman–Crippen LogP) is 3.66. The number of thiophene rings is 1. The molecule has 28 heavy (non-hydrogen) atoms. The number of pyridine rings is 1. The number of methoxy groups -OCH3 is 1. The summed E-state index contributed by atoms with van der Waals surface area (Å²) in [5.74, 6) is 0.0663. The summed E-state index contributed by atoms with van der Waals surface area (Å²) in [5, 5.41) is 0. The summed E-state index contributed by atoms with van der Waals surface area (Å²) in [4.78, 5) is 17.7. The predicted molar refractivity (Wildman–Crippen MR) is 108 cm³/mol. The van der Waals surface area contributed by atoms with Gasteiger partial charge in [0, 0.05) is 28.7 Å². The molecule has 6 nitrogen and oxygen atoms in total. The first kappa shape index (κ1) is 18.6. The third-order valence-electron chi connectivity index (χ3n) is 4.70. The lowest BCUT2D eigenvalue weighted by molar-refractivity contribution is 0.0606. The van der Waals surface area contributed by atoms with Crippen LogP contribution >= 0.6 is 11.3 Å². The Kier molecular flexibility index (Phi) is 4.68. The Hall–Kier alpha value is -2.71. The number of esters is 1. The van der Waals surface area contributed by atoms with Crippen LogP contribution in [0.15, 0.2) is 53.6 Å². The van der Waals surface area contributed by atoms with E-state index in [1.807, 2.05) is 19.1 Å². The lowest BCUT2D eigenvalue weighted by Gasteiger charge is -2.19. The van der Waals surface area contributed by atoms with Crippen LogP contribution in [0.3, 0.4) is 0 Å². The molecule has 0 unspecified atom stereocenters. The standard InChI is InChI=1S/C20H18N2O4S2/c1-13-3-5-14(6-4-13)28(24,25)22-12-10-16-15(9-11-21-19(16)22)17-7-8-18(27-17)20(23)26-2/h3-9,11H,10,12H2,1-2H3. The van der Waals surface area contributed by atoms with Gasteiger partial charge in [0.1, 0.15) is 10.7 Å². The second-order valence-corrected chi connectivity index (χ2v) is 9.40. The van der Waals surface area contributed by atoms with Gasteiger partial charge in [-0.15, -0.1) is 11.3 Å². The van der Waals surface area contributed by atoms with Crippen LogP contribution in [0.25, 0.3) is 10.4 Å². The highest BCUT2D eigenvalue weighted by Crippen LogP contribution is 2.39. The van der Waals surface area contributed by atoms with Crippen LogP contribution in [-0.4, -0.2) is 33.0 Å². The molecule has 0 atom stereocenters. The number of carbonyl (C=O) groups is 1. The molecule has 0 radical (unpaired) electrons. The molecule has 1 aliphatic heterocycles. The summed E-state index contributed by atoms with van der Waals surface area (Å²) >= 11 is 1.32. The van der Waals surface area contributed by atoms with Crippen LogP contribution < -0.4 is 4.31 Å². The van der Waals surface area contributed by atoms with Gasteiger partial charge < -0.3 is 4.74 Å². The number of rotatable bonds is 4. The van der Waals surface area contributed by atoms with Crippen LogP contribution in [0.4, 0.5) is 5.82 Å². The zero-order valence-corrected chi connectivity index (χ0v) is 17.0. The molecule has 0 amide bonds.